The van der Waals surface area contributed by atoms with Crippen molar-refractivity contribution >= 4 is 23.9 Å². The third-order valence-corrected chi connectivity index (χ3v) is 5.34. The fraction of sp³-hybridized carbons (Fsp3) is 0.364. The molecule has 5 N–H and O–H groups in total. The number of alkyl halides is 3. The summed E-state index contributed by atoms with van der Waals surface area (Å²) in [6.45, 7) is 1.46. The molecule has 1 aliphatic rings. The van der Waals surface area contributed by atoms with E-state index >= 15 is 0 Å². The molecule has 0 saturated heterocycles. The zero-order chi connectivity index (χ0) is 25.0. The summed E-state index contributed by atoms with van der Waals surface area (Å²) in [5.74, 6) is -0.158. The summed E-state index contributed by atoms with van der Waals surface area (Å²) in [4.78, 5) is 19.7. The van der Waals surface area contributed by atoms with Crippen molar-refractivity contribution in [3.63, 3.8) is 0 Å². The first-order valence-electron chi connectivity index (χ1n) is 10.4. The average Bonchev–Trinajstić information content (AvgIpc) is 3.13. The Hall–Kier alpha value is -3.51. The summed E-state index contributed by atoms with van der Waals surface area (Å²) in [6.07, 6.45) is -5.00. The van der Waals surface area contributed by atoms with Gasteiger partial charge in [0.1, 0.15) is 23.9 Å². The average molecular weight is 478 g/mol. The maximum absolute atomic E-state index is 13.1. The second kappa shape index (κ2) is 10.2. The van der Waals surface area contributed by atoms with Gasteiger partial charge >= 0.3 is 6.18 Å². The van der Waals surface area contributed by atoms with Gasteiger partial charge in [0.25, 0.3) is 5.91 Å². The third kappa shape index (κ3) is 5.34. The number of carbonyl (C=O) groups is 1. The first-order chi connectivity index (χ1) is 16.1. The van der Waals surface area contributed by atoms with E-state index in [-0.39, 0.29) is 49.6 Å². The number of aliphatic hydroxyl groups is 1. The van der Waals surface area contributed by atoms with Gasteiger partial charge in [-0.25, -0.2) is 4.98 Å². The van der Waals surface area contributed by atoms with Crippen LogP contribution in [0.3, 0.4) is 0 Å². The number of nitrogens with two attached hydrogens (primary N) is 1. The van der Waals surface area contributed by atoms with Crippen LogP contribution in [-0.2, 0) is 13.1 Å². The van der Waals surface area contributed by atoms with E-state index in [1.54, 1.807) is 24.3 Å². The molecule has 1 atom stereocenters. The van der Waals surface area contributed by atoms with Crippen LogP contribution >= 0.6 is 0 Å². The summed E-state index contributed by atoms with van der Waals surface area (Å²) in [6, 6.07) is 6.61. The number of carbonyl (C=O) groups excluding carboxylic acids is 1. The van der Waals surface area contributed by atoms with E-state index in [1.807, 2.05) is 0 Å². The molecule has 0 spiro atoms. The Morgan fingerprint density at radius 2 is 2.15 bits per heavy atom. The van der Waals surface area contributed by atoms with Gasteiger partial charge in [0.15, 0.2) is 5.84 Å². The largest absolute Gasteiger partial charge is 0.491 e. The number of hydrogen-bond acceptors (Lipinski definition) is 7. The highest BCUT2D eigenvalue weighted by Gasteiger charge is 2.34. The van der Waals surface area contributed by atoms with Gasteiger partial charge in [-0.15, -0.1) is 0 Å². The first-order valence-corrected chi connectivity index (χ1v) is 10.4. The number of halogens is 3. The van der Waals surface area contributed by atoms with E-state index in [2.05, 4.69) is 4.98 Å². The van der Waals surface area contributed by atoms with Crippen molar-refractivity contribution in [1.29, 1.82) is 10.8 Å². The normalized spacial score (nSPS) is 14.1. The van der Waals surface area contributed by atoms with Gasteiger partial charge in [0.05, 0.1) is 25.9 Å². The highest BCUT2D eigenvalue weighted by Crippen LogP contribution is 2.33. The summed E-state index contributed by atoms with van der Waals surface area (Å²) in [5.41, 5.74) is 7.64. The summed E-state index contributed by atoms with van der Waals surface area (Å²) < 4.78 is 43.9. The van der Waals surface area contributed by atoms with Gasteiger partial charge in [-0.1, -0.05) is 6.07 Å². The number of aromatic nitrogens is 1. The molecule has 0 fully saturated rings. The highest BCUT2D eigenvalue weighted by molar-refractivity contribution is 6.10. The molecule has 0 saturated carbocycles. The number of rotatable bonds is 9. The monoisotopic (exact) mass is 478 g/mol. The molecule has 1 aliphatic heterocycles. The van der Waals surface area contributed by atoms with E-state index in [9.17, 15) is 18.0 Å². The zero-order valence-electron chi connectivity index (χ0n) is 18.4. The Labute approximate surface area is 194 Å². The predicted molar refractivity (Wildman–Crippen MR) is 119 cm³/mol. The van der Waals surface area contributed by atoms with Crippen LogP contribution in [0.4, 0.5) is 19.0 Å². The van der Waals surface area contributed by atoms with Crippen molar-refractivity contribution in [2.75, 3.05) is 18.1 Å². The lowest BCUT2D eigenvalue weighted by atomic mass is 10.0. The third-order valence-electron chi connectivity index (χ3n) is 5.34. The van der Waals surface area contributed by atoms with Crippen molar-refractivity contribution in [3.05, 3.63) is 52.7 Å². The summed E-state index contributed by atoms with van der Waals surface area (Å²) in [5, 5.41) is 24.8. The Kier molecular flexibility index (Phi) is 7.52. The lowest BCUT2D eigenvalue weighted by molar-refractivity contribution is -0.141. The van der Waals surface area contributed by atoms with E-state index in [0.29, 0.717) is 28.8 Å². The van der Waals surface area contributed by atoms with E-state index in [0.717, 1.165) is 4.90 Å². The molecule has 2 heterocycles. The van der Waals surface area contributed by atoms with Gasteiger partial charge in [0.2, 0.25) is 0 Å². The SMILES string of the molecule is CC(CC(F)(F)F)N(C=N)C(=N)c1cccc(N2Cc3c(CN)cc(OCCO)cc3C2=O)n1. The van der Waals surface area contributed by atoms with Crippen molar-refractivity contribution in [1.82, 2.24) is 9.88 Å². The molecule has 1 unspecified atom stereocenters. The second-order valence-electron chi connectivity index (χ2n) is 7.71. The quantitative estimate of drug-likeness (QED) is 0.323. The fourth-order valence-corrected chi connectivity index (χ4v) is 3.75. The molecule has 34 heavy (non-hydrogen) atoms. The molecule has 12 heteroatoms. The lowest BCUT2D eigenvalue weighted by Gasteiger charge is -2.27. The number of benzene rings is 1. The number of anilines is 1. The van der Waals surface area contributed by atoms with Crippen LogP contribution in [0.25, 0.3) is 0 Å². The van der Waals surface area contributed by atoms with Gasteiger partial charge in [-0.2, -0.15) is 13.2 Å². The fourth-order valence-electron chi connectivity index (χ4n) is 3.75. The lowest BCUT2D eigenvalue weighted by Crippen LogP contribution is -2.40. The van der Waals surface area contributed by atoms with Crippen LogP contribution in [0.5, 0.6) is 5.75 Å². The van der Waals surface area contributed by atoms with Crippen LogP contribution in [0.15, 0.2) is 30.3 Å². The van der Waals surface area contributed by atoms with Crippen LogP contribution in [0, 0.1) is 10.8 Å². The zero-order valence-corrected chi connectivity index (χ0v) is 18.4. The predicted octanol–water partition coefficient (Wildman–Crippen LogP) is 2.65. The number of fused-ring (bicyclic) bond motifs is 1. The molecule has 0 aliphatic carbocycles. The molecule has 0 radical (unpaired) electrons. The maximum atomic E-state index is 13.1. The second-order valence-corrected chi connectivity index (χ2v) is 7.71. The minimum atomic E-state index is -4.45. The van der Waals surface area contributed by atoms with E-state index in [1.165, 1.54) is 17.9 Å². The number of amides is 1. The van der Waals surface area contributed by atoms with Crippen LogP contribution < -0.4 is 15.4 Å². The van der Waals surface area contributed by atoms with Gasteiger partial charge in [-0.05, 0) is 42.3 Å². The van der Waals surface area contributed by atoms with Gasteiger partial charge in [-0.3, -0.25) is 20.5 Å². The number of nitrogens with one attached hydrogen (secondary N) is 2. The Balaban J connectivity index is 1.88. The van der Waals surface area contributed by atoms with E-state index < -0.39 is 18.6 Å². The molecule has 3 rings (SSSR count). The molecule has 1 aromatic carbocycles. The number of nitrogens with zero attached hydrogens (tertiary/aromatic N) is 3. The molecular formula is C22H25F3N6O3. The topological polar surface area (TPSA) is 140 Å². The molecule has 182 valence electrons. The van der Waals surface area contributed by atoms with Crippen LogP contribution in [-0.4, -0.2) is 58.5 Å². The first kappa shape index (κ1) is 25.1. The minimum Gasteiger partial charge on any atom is -0.491 e. The number of aliphatic hydroxyl groups excluding tert-OH is 1. The Morgan fingerprint density at radius 1 is 1.41 bits per heavy atom. The standard InChI is InChI=1S/C22H25F3N6O3/c1-13(9-22(23,24)25)31(12-27)20(28)18-3-2-4-19(29-18)30-11-17-14(10-26)7-15(34-6-5-32)8-16(17)21(30)33/h2-4,7-8,12-13,27-28,32H,5-6,9-11,26H2,1H3. The van der Waals surface area contributed by atoms with Crippen molar-refractivity contribution < 1.29 is 27.8 Å². The van der Waals surface area contributed by atoms with Gasteiger partial charge in [0, 0.05) is 18.2 Å². The molecule has 0 bridgehead atoms. The smallest absolute Gasteiger partial charge is 0.391 e. The summed E-state index contributed by atoms with van der Waals surface area (Å²) >= 11 is 0. The molecule has 1 aromatic heterocycles. The Morgan fingerprint density at radius 3 is 2.76 bits per heavy atom. The minimum absolute atomic E-state index is 0.0183. The van der Waals surface area contributed by atoms with Crippen molar-refractivity contribution in [2.45, 2.75) is 38.7 Å². The molecule has 9 nitrogen and oxygen atoms in total. The summed E-state index contributed by atoms with van der Waals surface area (Å²) in [7, 11) is 0. The Bertz CT molecular complexity index is 1090. The molecule has 1 amide bonds. The van der Waals surface area contributed by atoms with Gasteiger partial charge < -0.3 is 20.5 Å². The molecule has 2 aromatic rings. The maximum Gasteiger partial charge on any atom is 0.391 e. The number of pyridine rings is 1. The van der Waals surface area contributed by atoms with Crippen molar-refractivity contribution in [2.24, 2.45) is 5.73 Å². The highest BCUT2D eigenvalue weighted by atomic mass is 19.4. The number of amidine groups is 1. The molecular weight excluding hydrogens is 453 g/mol. The number of hydrogen-bond donors (Lipinski definition) is 4. The van der Waals surface area contributed by atoms with Crippen molar-refractivity contribution in [3.8, 4) is 5.75 Å². The van der Waals surface area contributed by atoms with E-state index in [4.69, 9.17) is 26.4 Å². The number of ether oxygens (including phenoxy) is 1. The van der Waals surface area contributed by atoms with Crippen LogP contribution in [0.2, 0.25) is 0 Å². The van der Waals surface area contributed by atoms with Crippen LogP contribution in [0.1, 0.15) is 40.5 Å².